The van der Waals surface area contributed by atoms with Crippen LogP contribution in [0.15, 0.2) is 6.07 Å². The van der Waals surface area contributed by atoms with E-state index in [4.69, 9.17) is 11.5 Å². The van der Waals surface area contributed by atoms with E-state index in [0.717, 1.165) is 6.07 Å². The van der Waals surface area contributed by atoms with Crippen LogP contribution in [0.1, 0.15) is 35.2 Å². The molecular weight excluding hydrogens is 437 g/mol. The Morgan fingerprint density at radius 1 is 1.21 bits per heavy atom. The van der Waals surface area contributed by atoms with Crippen LogP contribution in [0.5, 0.6) is 5.75 Å². The molecule has 0 spiro atoms. The van der Waals surface area contributed by atoms with E-state index in [1.54, 1.807) is 6.92 Å². The number of hydrogen-bond acceptors (Lipinski definition) is 9. The van der Waals surface area contributed by atoms with Crippen molar-refractivity contribution in [1.29, 1.82) is 0 Å². The number of phenolic OH excluding ortho intramolecular Hbond substituents is 1. The molecule has 6 N–H and O–H groups in total. The van der Waals surface area contributed by atoms with Crippen molar-refractivity contribution < 1.29 is 38.6 Å². The van der Waals surface area contributed by atoms with Gasteiger partial charge in [-0.1, -0.05) is 6.92 Å². The van der Waals surface area contributed by atoms with E-state index in [2.05, 4.69) is 0 Å². The molecule has 0 radical (unpaired) electrons. The maximum absolute atomic E-state index is 14.8. The first-order valence-corrected chi connectivity index (χ1v) is 10.4. The number of fused-ring (bicyclic) bond motifs is 3. The number of ketones is 4. The van der Waals surface area contributed by atoms with Gasteiger partial charge in [-0.05, 0) is 32.4 Å². The third-order valence-electron chi connectivity index (χ3n) is 7.53. The van der Waals surface area contributed by atoms with Crippen LogP contribution in [0.3, 0.4) is 0 Å². The summed E-state index contributed by atoms with van der Waals surface area (Å²) < 4.78 is 14.8. The summed E-state index contributed by atoms with van der Waals surface area (Å²) in [7, 11) is 2.97. The zero-order valence-corrected chi connectivity index (χ0v) is 18.2. The van der Waals surface area contributed by atoms with Crippen LogP contribution in [0.2, 0.25) is 0 Å². The maximum Gasteiger partial charge on any atom is 0.235 e. The maximum atomic E-state index is 14.8. The SMILES string of the molecule is C[C@H]1c2c(F)cc(N)c(O)c2C(=O)C2C(=O)[C@]3(O)C(=O)C(C(N)=O)C(=O)[C@@H](N(C)C)[C@@H]3C[C@@H]21. The molecule has 4 rings (SSSR count). The smallest absolute Gasteiger partial charge is 0.235 e. The van der Waals surface area contributed by atoms with Crippen LogP contribution in [-0.2, 0) is 19.2 Å². The molecule has 2 saturated carbocycles. The number of aliphatic hydroxyl groups is 1. The number of halogens is 1. The van der Waals surface area contributed by atoms with Gasteiger partial charge in [0.25, 0.3) is 0 Å². The summed E-state index contributed by atoms with van der Waals surface area (Å²) in [6, 6.07) is -0.337. The number of rotatable bonds is 2. The Labute approximate surface area is 187 Å². The molecule has 0 saturated heterocycles. The third-order valence-corrected chi connectivity index (χ3v) is 7.53. The number of nitrogens with zero attached hydrogens (tertiary/aromatic N) is 1. The molecule has 10 nitrogen and oxygen atoms in total. The van der Waals surface area contributed by atoms with Gasteiger partial charge >= 0.3 is 0 Å². The van der Waals surface area contributed by atoms with Gasteiger partial charge in [-0.15, -0.1) is 0 Å². The summed E-state index contributed by atoms with van der Waals surface area (Å²) in [5.41, 5.74) is 7.05. The number of phenols is 1. The fraction of sp³-hybridized carbons (Fsp3) is 0.500. The molecule has 0 bridgehead atoms. The van der Waals surface area contributed by atoms with Gasteiger partial charge in [0.2, 0.25) is 5.91 Å². The highest BCUT2D eigenvalue weighted by molar-refractivity contribution is 6.32. The molecule has 1 aromatic carbocycles. The summed E-state index contributed by atoms with van der Waals surface area (Å²) in [6.07, 6.45) is -0.157. The molecule has 2 unspecified atom stereocenters. The van der Waals surface area contributed by atoms with Crippen molar-refractivity contribution in [2.45, 2.75) is 30.9 Å². The second-order valence-electron chi connectivity index (χ2n) is 9.36. The first-order valence-electron chi connectivity index (χ1n) is 10.4. The number of carbonyl (C=O) groups excluding carboxylic acids is 5. The quantitative estimate of drug-likeness (QED) is 0.248. The lowest BCUT2D eigenvalue weighted by atomic mass is 9.50. The van der Waals surface area contributed by atoms with Crippen molar-refractivity contribution in [1.82, 2.24) is 4.90 Å². The average Bonchev–Trinajstić information content (AvgIpc) is 2.70. The van der Waals surface area contributed by atoms with Crippen LogP contribution in [0.4, 0.5) is 10.1 Å². The minimum absolute atomic E-state index is 0.115. The number of amides is 1. The molecule has 3 aliphatic carbocycles. The van der Waals surface area contributed by atoms with E-state index in [1.165, 1.54) is 19.0 Å². The van der Waals surface area contributed by atoms with Crippen molar-refractivity contribution in [2.75, 3.05) is 19.8 Å². The molecule has 176 valence electrons. The number of carbonyl (C=O) groups is 5. The summed E-state index contributed by atoms with van der Waals surface area (Å²) >= 11 is 0. The lowest BCUT2D eigenvalue weighted by molar-refractivity contribution is -0.181. The fourth-order valence-electron chi connectivity index (χ4n) is 6.02. The standard InChI is InChI=1S/C22H24FN3O7/c1-6-7-4-8-15(26(2)3)18(29)14(21(25)32)20(31)22(8,33)19(30)12(7)17(28)13-11(6)9(23)5-10(24)16(13)27/h5-8,12,14-15,27,33H,4,24H2,1-3H3,(H2,25,32)/t6-,7-,8+,12?,14?,15+,22+/m1/s1. The normalized spacial score (nSPS) is 35.8. The number of likely N-dealkylation sites (N-methyl/N-ethyl adjacent to an activating group) is 1. The molecule has 1 amide bonds. The monoisotopic (exact) mass is 461 g/mol. The van der Waals surface area contributed by atoms with Gasteiger partial charge in [0.05, 0.1) is 23.2 Å². The van der Waals surface area contributed by atoms with Crippen molar-refractivity contribution in [3.63, 3.8) is 0 Å². The predicted octanol–water partition coefficient (Wildman–Crippen LogP) is -0.851. The van der Waals surface area contributed by atoms with Gasteiger partial charge in [0, 0.05) is 17.5 Å². The van der Waals surface area contributed by atoms with E-state index in [0.29, 0.717) is 0 Å². The molecule has 0 aliphatic heterocycles. The van der Waals surface area contributed by atoms with Gasteiger partial charge in [0.1, 0.15) is 11.6 Å². The van der Waals surface area contributed by atoms with E-state index < -0.39 is 93.1 Å². The Morgan fingerprint density at radius 2 is 1.82 bits per heavy atom. The van der Waals surface area contributed by atoms with E-state index >= 15 is 0 Å². The first-order chi connectivity index (χ1) is 15.3. The van der Waals surface area contributed by atoms with Crippen molar-refractivity contribution in [3.05, 3.63) is 23.0 Å². The number of nitrogens with two attached hydrogens (primary N) is 2. The van der Waals surface area contributed by atoms with Crippen LogP contribution >= 0.6 is 0 Å². The van der Waals surface area contributed by atoms with Crippen molar-refractivity contribution in [2.24, 2.45) is 29.4 Å². The van der Waals surface area contributed by atoms with Gasteiger partial charge in [-0.2, -0.15) is 0 Å². The van der Waals surface area contributed by atoms with Crippen LogP contribution in [0, 0.1) is 29.5 Å². The second-order valence-corrected chi connectivity index (χ2v) is 9.36. The summed E-state index contributed by atoms with van der Waals surface area (Å²) in [5, 5.41) is 21.8. The molecule has 11 heteroatoms. The molecule has 7 atom stereocenters. The van der Waals surface area contributed by atoms with E-state index in [9.17, 15) is 38.6 Å². The molecule has 0 aromatic heterocycles. The number of primary amides is 1. The molecule has 2 fully saturated rings. The lowest BCUT2D eigenvalue weighted by Gasteiger charge is -2.53. The van der Waals surface area contributed by atoms with Crippen molar-refractivity contribution in [3.8, 4) is 5.75 Å². The Kier molecular flexibility index (Phi) is 4.99. The zero-order chi connectivity index (χ0) is 24.7. The first kappa shape index (κ1) is 23.0. The lowest BCUT2D eigenvalue weighted by Crippen LogP contribution is -2.74. The average molecular weight is 461 g/mol. The van der Waals surface area contributed by atoms with Crippen LogP contribution in [-0.4, -0.2) is 69.9 Å². The minimum Gasteiger partial charge on any atom is -0.505 e. The largest absolute Gasteiger partial charge is 0.505 e. The van der Waals surface area contributed by atoms with Gasteiger partial charge < -0.3 is 21.7 Å². The van der Waals surface area contributed by atoms with Gasteiger partial charge in [-0.3, -0.25) is 28.9 Å². The number of anilines is 1. The van der Waals surface area contributed by atoms with Crippen LogP contribution in [0.25, 0.3) is 0 Å². The number of Topliss-reactive ketones (excluding diaryl/α,β-unsaturated/α-hetero) is 4. The molecule has 3 aliphatic rings. The number of aromatic hydroxyl groups is 1. The molecule has 33 heavy (non-hydrogen) atoms. The predicted molar refractivity (Wildman–Crippen MR) is 110 cm³/mol. The highest BCUT2D eigenvalue weighted by Crippen LogP contribution is 2.55. The number of benzene rings is 1. The minimum atomic E-state index is -2.83. The Hall–Kier alpha value is -3.18. The number of hydrogen-bond donors (Lipinski definition) is 4. The highest BCUT2D eigenvalue weighted by Gasteiger charge is 2.70. The Balaban J connectivity index is 1.94. The summed E-state index contributed by atoms with van der Waals surface area (Å²) in [4.78, 5) is 66.5. The second kappa shape index (κ2) is 7.16. The summed E-state index contributed by atoms with van der Waals surface area (Å²) in [6.45, 7) is 1.56. The number of nitrogen functional groups attached to an aromatic ring is 1. The van der Waals surface area contributed by atoms with E-state index in [-0.39, 0.29) is 12.0 Å². The van der Waals surface area contributed by atoms with E-state index in [1.807, 2.05) is 0 Å². The molecular formula is C22H24FN3O7. The molecule has 0 heterocycles. The summed E-state index contributed by atoms with van der Waals surface area (Å²) in [5.74, 6) is -13.8. The van der Waals surface area contributed by atoms with Gasteiger partial charge in [-0.25, -0.2) is 4.39 Å². The zero-order valence-electron chi connectivity index (χ0n) is 18.2. The Morgan fingerprint density at radius 3 is 2.36 bits per heavy atom. The molecule has 1 aromatic rings. The van der Waals surface area contributed by atoms with Crippen LogP contribution < -0.4 is 11.5 Å². The fourth-order valence-corrected chi connectivity index (χ4v) is 6.02. The topological polar surface area (TPSA) is 181 Å². The highest BCUT2D eigenvalue weighted by atomic mass is 19.1. The van der Waals surface area contributed by atoms with Gasteiger partial charge in [0.15, 0.2) is 34.7 Å². The Bertz CT molecular complexity index is 1150. The third kappa shape index (κ3) is 2.75. The van der Waals surface area contributed by atoms with Crippen molar-refractivity contribution >= 4 is 34.7 Å².